The second kappa shape index (κ2) is 5.32. The standard InChI is InChI=1S/C14H21N/c1-2-11-15-12-7-6-10-14(15)13-8-4-3-5-9-13/h3-5,8-9,14H,2,6-7,10-12H2,1H3. The first-order valence-electron chi connectivity index (χ1n) is 6.21. The number of nitrogens with zero attached hydrogens (tertiary/aromatic N) is 1. The molecule has 0 radical (unpaired) electrons. The number of likely N-dealkylation sites (tertiary alicyclic amines) is 1. The van der Waals surface area contributed by atoms with Crippen molar-refractivity contribution in [3.05, 3.63) is 35.9 Å². The van der Waals surface area contributed by atoms with Gasteiger partial charge in [0.1, 0.15) is 0 Å². The smallest absolute Gasteiger partial charge is 0.0348 e. The van der Waals surface area contributed by atoms with E-state index >= 15 is 0 Å². The third-order valence-corrected chi connectivity index (χ3v) is 3.31. The van der Waals surface area contributed by atoms with Crippen LogP contribution in [-0.2, 0) is 0 Å². The first kappa shape index (κ1) is 10.7. The van der Waals surface area contributed by atoms with Crippen molar-refractivity contribution in [1.82, 2.24) is 4.90 Å². The third-order valence-electron chi connectivity index (χ3n) is 3.31. The molecule has 1 atom stereocenters. The molecule has 1 aliphatic heterocycles. The zero-order valence-electron chi connectivity index (χ0n) is 9.65. The summed E-state index contributed by atoms with van der Waals surface area (Å²) >= 11 is 0. The minimum absolute atomic E-state index is 0.680. The highest BCUT2D eigenvalue weighted by molar-refractivity contribution is 5.19. The zero-order valence-corrected chi connectivity index (χ0v) is 9.65. The van der Waals surface area contributed by atoms with E-state index in [1.54, 1.807) is 0 Å². The first-order chi connectivity index (χ1) is 7.42. The minimum Gasteiger partial charge on any atom is -0.296 e. The molecule has 1 saturated heterocycles. The highest BCUT2D eigenvalue weighted by Gasteiger charge is 2.22. The fourth-order valence-corrected chi connectivity index (χ4v) is 2.60. The number of benzene rings is 1. The lowest BCUT2D eigenvalue weighted by Crippen LogP contribution is -2.33. The van der Waals surface area contributed by atoms with Crippen LogP contribution in [-0.4, -0.2) is 18.0 Å². The average Bonchev–Trinajstić information content (AvgIpc) is 2.31. The maximum atomic E-state index is 2.65. The van der Waals surface area contributed by atoms with Crippen molar-refractivity contribution >= 4 is 0 Å². The van der Waals surface area contributed by atoms with E-state index in [0.29, 0.717) is 6.04 Å². The van der Waals surface area contributed by atoms with Crippen LogP contribution in [0.3, 0.4) is 0 Å². The van der Waals surface area contributed by atoms with Crippen molar-refractivity contribution in [3.8, 4) is 0 Å². The average molecular weight is 203 g/mol. The van der Waals surface area contributed by atoms with Gasteiger partial charge in [-0.15, -0.1) is 0 Å². The first-order valence-corrected chi connectivity index (χ1v) is 6.21. The Hall–Kier alpha value is -0.820. The van der Waals surface area contributed by atoms with Gasteiger partial charge in [-0.3, -0.25) is 4.90 Å². The predicted molar refractivity (Wildman–Crippen MR) is 64.9 cm³/mol. The van der Waals surface area contributed by atoms with E-state index in [0.717, 1.165) is 0 Å². The van der Waals surface area contributed by atoms with Crippen LogP contribution in [0.4, 0.5) is 0 Å². The van der Waals surface area contributed by atoms with Gasteiger partial charge in [-0.2, -0.15) is 0 Å². The van der Waals surface area contributed by atoms with Crippen molar-refractivity contribution in [2.75, 3.05) is 13.1 Å². The van der Waals surface area contributed by atoms with Gasteiger partial charge < -0.3 is 0 Å². The van der Waals surface area contributed by atoms with Crippen LogP contribution in [0, 0.1) is 0 Å². The molecule has 0 amide bonds. The summed E-state index contributed by atoms with van der Waals surface area (Å²) in [5.74, 6) is 0. The molecule has 1 nitrogen and oxygen atoms in total. The van der Waals surface area contributed by atoms with Gasteiger partial charge in [-0.1, -0.05) is 43.7 Å². The molecule has 82 valence electrons. The molecule has 0 saturated carbocycles. The summed E-state index contributed by atoms with van der Waals surface area (Å²) in [6.45, 7) is 4.81. The number of piperidine rings is 1. The Morgan fingerprint density at radius 3 is 2.73 bits per heavy atom. The summed E-state index contributed by atoms with van der Waals surface area (Å²) < 4.78 is 0. The molecule has 0 spiro atoms. The summed E-state index contributed by atoms with van der Waals surface area (Å²) in [6.07, 6.45) is 5.37. The van der Waals surface area contributed by atoms with Crippen LogP contribution in [0.25, 0.3) is 0 Å². The highest BCUT2D eigenvalue weighted by Crippen LogP contribution is 2.30. The van der Waals surface area contributed by atoms with Gasteiger partial charge >= 0.3 is 0 Å². The van der Waals surface area contributed by atoms with E-state index in [9.17, 15) is 0 Å². The van der Waals surface area contributed by atoms with Crippen LogP contribution in [0.2, 0.25) is 0 Å². The molecular weight excluding hydrogens is 182 g/mol. The van der Waals surface area contributed by atoms with Crippen molar-refractivity contribution in [2.45, 2.75) is 38.6 Å². The molecule has 1 unspecified atom stereocenters. The molecule has 2 rings (SSSR count). The Bertz CT molecular complexity index is 279. The van der Waals surface area contributed by atoms with Crippen LogP contribution in [0.5, 0.6) is 0 Å². The lowest BCUT2D eigenvalue weighted by atomic mass is 9.95. The molecular formula is C14H21N. The molecule has 0 aliphatic carbocycles. The van der Waals surface area contributed by atoms with Crippen LogP contribution in [0.15, 0.2) is 30.3 Å². The van der Waals surface area contributed by atoms with Crippen molar-refractivity contribution in [3.63, 3.8) is 0 Å². The molecule has 0 bridgehead atoms. The van der Waals surface area contributed by atoms with Crippen molar-refractivity contribution < 1.29 is 0 Å². The van der Waals surface area contributed by atoms with E-state index in [-0.39, 0.29) is 0 Å². The molecule has 1 fully saturated rings. The fraction of sp³-hybridized carbons (Fsp3) is 0.571. The van der Waals surface area contributed by atoms with Gasteiger partial charge in [0.05, 0.1) is 0 Å². The Morgan fingerprint density at radius 1 is 1.20 bits per heavy atom. The Labute approximate surface area is 93.1 Å². The predicted octanol–water partition coefficient (Wildman–Crippen LogP) is 3.62. The summed E-state index contributed by atoms with van der Waals surface area (Å²) in [4.78, 5) is 2.65. The van der Waals surface area contributed by atoms with Crippen LogP contribution in [0.1, 0.15) is 44.2 Å². The van der Waals surface area contributed by atoms with Crippen molar-refractivity contribution in [1.29, 1.82) is 0 Å². The molecule has 0 N–H and O–H groups in total. The molecule has 1 aromatic rings. The minimum atomic E-state index is 0.680. The lowest BCUT2D eigenvalue weighted by molar-refractivity contribution is 0.149. The van der Waals surface area contributed by atoms with Crippen LogP contribution < -0.4 is 0 Å². The van der Waals surface area contributed by atoms with Crippen molar-refractivity contribution in [2.24, 2.45) is 0 Å². The fourth-order valence-electron chi connectivity index (χ4n) is 2.60. The second-order valence-corrected chi connectivity index (χ2v) is 4.46. The lowest BCUT2D eigenvalue weighted by Gasteiger charge is -2.35. The normalized spacial score (nSPS) is 22.9. The number of rotatable bonds is 3. The summed E-state index contributed by atoms with van der Waals surface area (Å²) in [7, 11) is 0. The van der Waals surface area contributed by atoms with E-state index in [1.165, 1.54) is 44.3 Å². The third kappa shape index (κ3) is 2.60. The molecule has 15 heavy (non-hydrogen) atoms. The molecule has 0 aromatic heterocycles. The quantitative estimate of drug-likeness (QED) is 0.725. The van der Waals surface area contributed by atoms with E-state index in [4.69, 9.17) is 0 Å². The maximum Gasteiger partial charge on any atom is 0.0348 e. The molecule has 1 heterocycles. The molecule has 1 aliphatic rings. The molecule has 1 heteroatoms. The Balaban J connectivity index is 2.11. The SMILES string of the molecule is CCCN1CCCCC1c1ccccc1. The zero-order chi connectivity index (χ0) is 10.5. The van der Waals surface area contributed by atoms with Gasteiger partial charge in [0, 0.05) is 6.04 Å². The summed E-state index contributed by atoms with van der Waals surface area (Å²) in [5.41, 5.74) is 1.51. The second-order valence-electron chi connectivity index (χ2n) is 4.46. The summed E-state index contributed by atoms with van der Waals surface area (Å²) in [5, 5.41) is 0. The monoisotopic (exact) mass is 203 g/mol. The Morgan fingerprint density at radius 2 is 2.00 bits per heavy atom. The van der Waals surface area contributed by atoms with Gasteiger partial charge in [-0.05, 0) is 37.9 Å². The van der Waals surface area contributed by atoms with E-state index in [2.05, 4.69) is 42.2 Å². The van der Waals surface area contributed by atoms with E-state index < -0.39 is 0 Å². The number of hydrogen-bond donors (Lipinski definition) is 0. The van der Waals surface area contributed by atoms with Gasteiger partial charge in [0.2, 0.25) is 0 Å². The largest absolute Gasteiger partial charge is 0.296 e. The van der Waals surface area contributed by atoms with Gasteiger partial charge in [0.25, 0.3) is 0 Å². The summed E-state index contributed by atoms with van der Waals surface area (Å²) in [6, 6.07) is 11.7. The Kier molecular flexibility index (Phi) is 3.79. The maximum absolute atomic E-state index is 2.65. The number of hydrogen-bond acceptors (Lipinski definition) is 1. The van der Waals surface area contributed by atoms with Gasteiger partial charge in [-0.25, -0.2) is 0 Å². The highest BCUT2D eigenvalue weighted by atomic mass is 15.2. The van der Waals surface area contributed by atoms with Crippen LogP contribution >= 0.6 is 0 Å². The molecule has 1 aromatic carbocycles. The van der Waals surface area contributed by atoms with E-state index in [1.807, 2.05) is 0 Å². The van der Waals surface area contributed by atoms with Gasteiger partial charge in [0.15, 0.2) is 0 Å². The topological polar surface area (TPSA) is 3.24 Å².